The van der Waals surface area contributed by atoms with Gasteiger partial charge in [-0.1, -0.05) is 115 Å². The van der Waals surface area contributed by atoms with Gasteiger partial charge in [-0.15, -0.1) is 0 Å². The molecule has 3 saturated carbocycles. The zero-order valence-corrected chi connectivity index (χ0v) is 32.9. The molecule has 2 unspecified atom stereocenters. The summed E-state index contributed by atoms with van der Waals surface area (Å²) in [4.78, 5) is 24.1. The van der Waals surface area contributed by atoms with Crippen LogP contribution in [0.1, 0.15) is 182 Å². The number of carbonyl (C=O) groups is 2. The highest BCUT2D eigenvalue weighted by molar-refractivity contribution is 5.69. The lowest BCUT2D eigenvalue weighted by atomic mass is 9.47. The second kappa shape index (κ2) is 21.0. The Morgan fingerprint density at radius 1 is 0.760 bits per heavy atom. The predicted molar refractivity (Wildman–Crippen MR) is 206 cm³/mol. The fourth-order valence-electron chi connectivity index (χ4n) is 10.4. The number of fused-ring (bicyclic) bond motifs is 5. The molecule has 4 aliphatic carbocycles. The van der Waals surface area contributed by atoms with Gasteiger partial charge in [0, 0.05) is 18.3 Å². The second-order valence-electron chi connectivity index (χ2n) is 16.8. The van der Waals surface area contributed by atoms with Crippen LogP contribution in [-0.4, -0.2) is 37.4 Å². The monoisotopic (exact) mass is 695 g/mol. The molecule has 0 saturated heterocycles. The third-order valence-corrected chi connectivity index (χ3v) is 13.4. The van der Waals surface area contributed by atoms with Crippen molar-refractivity contribution in [2.75, 3.05) is 7.11 Å². The van der Waals surface area contributed by atoms with Gasteiger partial charge in [-0.3, -0.25) is 9.59 Å². The van der Waals surface area contributed by atoms with Gasteiger partial charge < -0.3 is 14.2 Å². The molecule has 4 rings (SSSR count). The highest BCUT2D eigenvalue weighted by Gasteiger charge is 2.60. The average Bonchev–Trinajstić information content (AvgIpc) is 3.44. The van der Waals surface area contributed by atoms with E-state index in [1.165, 1.54) is 97.0 Å². The molecule has 0 bridgehead atoms. The number of hydrogen-bond acceptors (Lipinski definition) is 5. The number of rotatable bonds is 22. The number of unbranched alkanes of at least 4 members (excludes halogenated alkanes) is 11. The first kappa shape index (κ1) is 40.9. The van der Waals surface area contributed by atoms with Gasteiger partial charge in [0.15, 0.2) is 0 Å². The van der Waals surface area contributed by atoms with Crippen LogP contribution in [0, 0.1) is 28.6 Å². The Morgan fingerprint density at radius 3 is 2.12 bits per heavy atom. The Balaban J connectivity index is 1.31. The van der Waals surface area contributed by atoms with E-state index in [0.29, 0.717) is 18.8 Å². The van der Waals surface area contributed by atoms with E-state index in [0.717, 1.165) is 63.2 Å². The first-order valence-electron chi connectivity index (χ1n) is 21.2. The Bertz CT molecular complexity index is 1120. The van der Waals surface area contributed by atoms with Gasteiger partial charge in [0.25, 0.3) is 0 Å². The van der Waals surface area contributed by atoms with Crippen molar-refractivity contribution >= 4 is 11.9 Å². The minimum Gasteiger partial charge on any atom is -0.469 e. The van der Waals surface area contributed by atoms with Crippen molar-refractivity contribution in [1.29, 1.82) is 0 Å². The molecule has 0 heterocycles. The lowest BCUT2D eigenvalue weighted by Gasteiger charge is -2.58. The summed E-state index contributed by atoms with van der Waals surface area (Å²) in [5, 5.41) is 0. The molecular weight excluding hydrogens is 620 g/mol. The highest BCUT2D eigenvalue weighted by Crippen LogP contribution is 2.66. The molecule has 8 atom stereocenters. The topological polar surface area (TPSA) is 61.8 Å². The first-order chi connectivity index (χ1) is 24.2. The van der Waals surface area contributed by atoms with E-state index in [2.05, 4.69) is 58.1 Å². The Labute approximate surface area is 306 Å². The molecule has 0 aromatic rings. The molecule has 0 aliphatic heterocycles. The molecule has 0 radical (unpaired) electrons. The zero-order chi connectivity index (χ0) is 35.8. The molecule has 0 aromatic carbocycles. The van der Waals surface area contributed by atoms with Crippen LogP contribution in [0.5, 0.6) is 0 Å². The molecule has 0 N–H and O–H groups in total. The molecule has 50 heavy (non-hydrogen) atoms. The normalized spacial score (nSPS) is 31.2. The van der Waals surface area contributed by atoms with Gasteiger partial charge in [-0.2, -0.15) is 0 Å². The van der Waals surface area contributed by atoms with Crippen molar-refractivity contribution < 1.29 is 23.8 Å². The van der Waals surface area contributed by atoms with Crippen molar-refractivity contribution in [3.63, 3.8) is 0 Å². The van der Waals surface area contributed by atoms with Crippen molar-refractivity contribution in [3.8, 4) is 0 Å². The van der Waals surface area contributed by atoms with Crippen LogP contribution >= 0.6 is 0 Å². The van der Waals surface area contributed by atoms with Crippen molar-refractivity contribution in [1.82, 2.24) is 0 Å². The Morgan fingerprint density at radius 2 is 1.40 bits per heavy atom. The maximum atomic E-state index is 12.8. The molecule has 0 amide bonds. The summed E-state index contributed by atoms with van der Waals surface area (Å²) in [7, 11) is 1.47. The van der Waals surface area contributed by atoms with Crippen LogP contribution in [0.3, 0.4) is 0 Å². The number of ether oxygens (including phenoxy) is 3. The highest BCUT2D eigenvalue weighted by atomic mass is 16.5. The van der Waals surface area contributed by atoms with Crippen LogP contribution in [0.15, 0.2) is 36.0 Å². The second-order valence-corrected chi connectivity index (χ2v) is 16.8. The largest absolute Gasteiger partial charge is 0.469 e. The Kier molecular flexibility index (Phi) is 17.2. The maximum Gasteiger partial charge on any atom is 0.306 e. The third kappa shape index (κ3) is 11.3. The van der Waals surface area contributed by atoms with E-state index in [1.54, 1.807) is 5.57 Å². The summed E-state index contributed by atoms with van der Waals surface area (Å²) < 4.78 is 17.9. The molecule has 5 nitrogen and oxygen atoms in total. The average molecular weight is 695 g/mol. The third-order valence-electron chi connectivity index (χ3n) is 13.4. The summed E-state index contributed by atoms with van der Waals surface area (Å²) in [6.45, 7) is 9.52. The van der Waals surface area contributed by atoms with Crippen LogP contribution in [0.25, 0.3) is 0 Å². The summed E-state index contributed by atoms with van der Waals surface area (Å²) in [5.41, 5.74) is 2.08. The van der Waals surface area contributed by atoms with E-state index in [1.807, 2.05) is 0 Å². The number of methoxy groups -OCH3 is 1. The summed E-state index contributed by atoms with van der Waals surface area (Å²) in [5.74, 6) is 2.11. The number of hydrogen-bond donors (Lipinski definition) is 0. The molecule has 4 aliphatic rings. The van der Waals surface area contributed by atoms with Gasteiger partial charge in [0.05, 0.1) is 19.3 Å². The molecule has 5 heteroatoms. The molecular formula is C45H74O5. The van der Waals surface area contributed by atoms with Crippen LogP contribution in [0.4, 0.5) is 0 Å². The SMILES string of the molecule is CCCCC/C=C\C(/C=C\CCCCCCCC(=O)OC)OC1C=C2CC[C@H]3[C@@H]4CC[C@H](OC(=O)CCCCCC)[C@@]4(C)CC[C@@H]3[C@@]2(C)CC1. The fourth-order valence-corrected chi connectivity index (χ4v) is 10.4. The van der Waals surface area contributed by atoms with E-state index >= 15 is 0 Å². The predicted octanol–water partition coefficient (Wildman–Crippen LogP) is 12.2. The number of allylic oxidation sites excluding steroid dienone is 3. The quantitative estimate of drug-likeness (QED) is 0.0641. The standard InChI is InChI=1S/C45H74O5/c1-6-8-10-15-18-22-36(23-19-16-13-12-14-17-21-24-42(46)48-5)49-37-30-32-44(3)35(34-37)26-27-38-39-28-29-41(45(39,4)33-31-40(38)44)50-43(47)25-20-11-9-7-2/h18-19,22-23,34,36-41H,6-17,20-21,24-33H2,1-5H3/b22-18-,23-19-/t36?,37?,38-,39-,40-,41-,44-,45-/m0/s1. The lowest BCUT2D eigenvalue weighted by molar-refractivity contribution is -0.160. The van der Waals surface area contributed by atoms with Crippen LogP contribution in [-0.2, 0) is 23.8 Å². The van der Waals surface area contributed by atoms with Gasteiger partial charge in [0.1, 0.15) is 6.10 Å². The van der Waals surface area contributed by atoms with E-state index in [-0.39, 0.29) is 41.1 Å². The molecule has 284 valence electrons. The number of esters is 2. The molecule has 0 spiro atoms. The zero-order valence-electron chi connectivity index (χ0n) is 32.9. The van der Waals surface area contributed by atoms with Gasteiger partial charge in [0.2, 0.25) is 0 Å². The summed E-state index contributed by atoms with van der Waals surface area (Å²) in [6.07, 6.45) is 38.8. The molecule has 0 aromatic heterocycles. The first-order valence-corrected chi connectivity index (χ1v) is 21.2. The smallest absolute Gasteiger partial charge is 0.306 e. The van der Waals surface area contributed by atoms with Crippen molar-refractivity contribution in [2.24, 2.45) is 28.6 Å². The van der Waals surface area contributed by atoms with Crippen LogP contribution in [0.2, 0.25) is 0 Å². The van der Waals surface area contributed by atoms with E-state index < -0.39 is 0 Å². The van der Waals surface area contributed by atoms with Crippen molar-refractivity contribution in [3.05, 3.63) is 36.0 Å². The van der Waals surface area contributed by atoms with E-state index in [9.17, 15) is 9.59 Å². The summed E-state index contributed by atoms with van der Waals surface area (Å²) in [6, 6.07) is 0. The Hall–Kier alpha value is -1.88. The lowest BCUT2D eigenvalue weighted by Crippen LogP contribution is -2.52. The maximum absolute atomic E-state index is 12.8. The minimum atomic E-state index is -0.0968. The molecule has 3 fully saturated rings. The van der Waals surface area contributed by atoms with Gasteiger partial charge in [-0.05, 0) is 113 Å². The van der Waals surface area contributed by atoms with E-state index in [4.69, 9.17) is 14.2 Å². The van der Waals surface area contributed by atoms with Gasteiger partial charge >= 0.3 is 11.9 Å². The van der Waals surface area contributed by atoms with Crippen LogP contribution < -0.4 is 0 Å². The fraction of sp³-hybridized carbons (Fsp3) is 0.822. The number of carbonyl (C=O) groups excluding carboxylic acids is 2. The minimum absolute atomic E-state index is 0.0272. The summed E-state index contributed by atoms with van der Waals surface area (Å²) >= 11 is 0. The van der Waals surface area contributed by atoms with Crippen molar-refractivity contribution in [2.45, 2.75) is 200 Å². The van der Waals surface area contributed by atoms with Gasteiger partial charge in [-0.25, -0.2) is 0 Å².